The van der Waals surface area contributed by atoms with E-state index >= 15 is 0 Å². The molecule has 36 valence electrons. The topological polar surface area (TPSA) is 17.1 Å². The van der Waals surface area contributed by atoms with Crippen molar-refractivity contribution in [2.24, 2.45) is 0 Å². The highest BCUT2D eigenvalue weighted by atomic mass is 127. The fourth-order valence-electron chi connectivity index (χ4n) is 0. The molecular formula is C2HClFIO. The van der Waals surface area contributed by atoms with E-state index in [-0.39, 0.29) is 0 Å². The van der Waals surface area contributed by atoms with Crippen LogP contribution in [-0.2, 0) is 4.79 Å². The number of hydrogen-bond donors (Lipinski definition) is 0. The minimum atomic E-state index is -1.55. The van der Waals surface area contributed by atoms with Crippen molar-refractivity contribution in [3.8, 4) is 0 Å². The Hall–Kier alpha value is 0.620. The van der Waals surface area contributed by atoms with E-state index in [1.807, 2.05) is 0 Å². The lowest BCUT2D eigenvalue weighted by Crippen LogP contribution is -1.95. The van der Waals surface area contributed by atoms with Crippen LogP contribution in [0.2, 0.25) is 0 Å². The van der Waals surface area contributed by atoms with E-state index in [1.54, 1.807) is 0 Å². The Morgan fingerprint density at radius 2 is 2.17 bits per heavy atom. The van der Waals surface area contributed by atoms with Gasteiger partial charge in [-0.05, 0) is 34.2 Å². The summed E-state index contributed by atoms with van der Waals surface area (Å²) >= 11 is 5.88. The maximum absolute atomic E-state index is 11.3. The van der Waals surface area contributed by atoms with Crippen molar-refractivity contribution in [3.05, 3.63) is 0 Å². The van der Waals surface area contributed by atoms with Crippen LogP contribution < -0.4 is 0 Å². The summed E-state index contributed by atoms with van der Waals surface area (Å²) in [5.74, 6) is 0. The average Bonchev–Trinajstić information content (AvgIpc) is 1.36. The van der Waals surface area contributed by atoms with E-state index < -0.39 is 9.42 Å². The summed E-state index contributed by atoms with van der Waals surface area (Å²) < 4.78 is 9.78. The van der Waals surface area contributed by atoms with Crippen LogP contribution in [0.25, 0.3) is 0 Å². The highest BCUT2D eigenvalue weighted by Crippen LogP contribution is 2.04. The van der Waals surface area contributed by atoms with Crippen molar-refractivity contribution in [3.63, 3.8) is 0 Å². The Labute approximate surface area is 53.0 Å². The average molecular weight is 222 g/mol. The quantitative estimate of drug-likeness (QED) is 0.373. The summed E-state index contributed by atoms with van der Waals surface area (Å²) in [5.41, 5.74) is 0. The van der Waals surface area contributed by atoms with Gasteiger partial charge in [0, 0.05) is 0 Å². The molecule has 0 fully saturated rings. The lowest BCUT2D eigenvalue weighted by atomic mass is 10.9. The van der Waals surface area contributed by atoms with Gasteiger partial charge >= 0.3 is 0 Å². The zero-order valence-electron chi connectivity index (χ0n) is 2.62. The van der Waals surface area contributed by atoms with Gasteiger partial charge < -0.3 is 0 Å². The SMILES string of the molecule is O=C(Cl)C(F)I. The van der Waals surface area contributed by atoms with Crippen molar-refractivity contribution in [2.75, 3.05) is 0 Å². The maximum Gasteiger partial charge on any atom is 0.266 e. The second kappa shape index (κ2) is 2.74. The zero-order chi connectivity index (χ0) is 5.15. The van der Waals surface area contributed by atoms with E-state index in [0.29, 0.717) is 0 Å². The number of carbonyl (C=O) groups is 1. The molecule has 6 heavy (non-hydrogen) atoms. The normalized spacial score (nSPS) is 13.8. The van der Waals surface area contributed by atoms with Gasteiger partial charge in [0.2, 0.25) is 4.18 Å². The second-order valence-corrected chi connectivity index (χ2v) is 2.07. The molecule has 0 aliphatic heterocycles. The predicted octanol–water partition coefficient (Wildman–Crippen LogP) is 1.48. The van der Waals surface area contributed by atoms with Gasteiger partial charge in [0.05, 0.1) is 0 Å². The Kier molecular flexibility index (Phi) is 3.02. The first-order valence-corrected chi connectivity index (χ1v) is 2.74. The van der Waals surface area contributed by atoms with Crippen LogP contribution in [-0.4, -0.2) is 9.42 Å². The molecule has 0 aromatic rings. The third-order valence-corrected chi connectivity index (χ3v) is 1.30. The molecule has 0 saturated carbocycles. The Morgan fingerprint density at radius 3 is 2.17 bits per heavy atom. The van der Waals surface area contributed by atoms with Gasteiger partial charge in [-0.3, -0.25) is 4.79 Å². The van der Waals surface area contributed by atoms with Crippen molar-refractivity contribution in [1.29, 1.82) is 0 Å². The molecule has 4 heteroatoms. The fourth-order valence-corrected chi connectivity index (χ4v) is 0. The molecule has 0 amide bonds. The molecular weight excluding hydrogens is 221 g/mol. The summed E-state index contributed by atoms with van der Waals surface area (Å²) in [6, 6.07) is 0. The second-order valence-electron chi connectivity index (χ2n) is 0.605. The minimum Gasteiger partial charge on any atom is -0.277 e. The van der Waals surface area contributed by atoms with E-state index in [4.69, 9.17) is 0 Å². The molecule has 0 radical (unpaired) electrons. The van der Waals surface area contributed by atoms with Crippen LogP contribution in [0.4, 0.5) is 4.39 Å². The smallest absolute Gasteiger partial charge is 0.266 e. The standard InChI is InChI=1S/C2HClFIO/c3-1(6)2(4)5/h2H. The number of halogens is 3. The van der Waals surface area contributed by atoms with Crippen molar-refractivity contribution < 1.29 is 9.18 Å². The molecule has 1 nitrogen and oxygen atoms in total. The number of rotatable bonds is 1. The van der Waals surface area contributed by atoms with E-state index in [2.05, 4.69) is 11.6 Å². The minimum absolute atomic E-state index is 0.949. The van der Waals surface area contributed by atoms with Crippen LogP contribution in [0, 0.1) is 0 Å². The van der Waals surface area contributed by atoms with Gasteiger partial charge in [0.15, 0.2) is 0 Å². The largest absolute Gasteiger partial charge is 0.277 e. The zero-order valence-corrected chi connectivity index (χ0v) is 5.53. The highest BCUT2D eigenvalue weighted by Gasteiger charge is 2.06. The molecule has 0 aliphatic rings. The number of hydrogen-bond acceptors (Lipinski definition) is 1. The van der Waals surface area contributed by atoms with E-state index in [9.17, 15) is 9.18 Å². The van der Waals surface area contributed by atoms with Crippen LogP contribution in [0.5, 0.6) is 0 Å². The molecule has 0 saturated heterocycles. The summed E-state index contributed by atoms with van der Waals surface area (Å²) in [4.78, 5) is 9.53. The molecule has 0 aromatic heterocycles. The molecule has 0 heterocycles. The first-order valence-electron chi connectivity index (χ1n) is 1.12. The van der Waals surface area contributed by atoms with E-state index in [0.717, 1.165) is 0 Å². The molecule has 0 aromatic carbocycles. The molecule has 0 rings (SSSR count). The number of carbonyl (C=O) groups excluding carboxylic acids is 1. The first-order chi connectivity index (χ1) is 2.64. The fraction of sp³-hybridized carbons (Fsp3) is 0.500. The van der Waals surface area contributed by atoms with Crippen LogP contribution in [0.1, 0.15) is 0 Å². The van der Waals surface area contributed by atoms with Gasteiger partial charge in [0.1, 0.15) is 0 Å². The predicted molar refractivity (Wildman–Crippen MR) is 29.8 cm³/mol. The van der Waals surface area contributed by atoms with Gasteiger partial charge in [-0.25, -0.2) is 4.39 Å². The lowest BCUT2D eigenvalue weighted by molar-refractivity contribution is -0.113. The van der Waals surface area contributed by atoms with Gasteiger partial charge in [-0.2, -0.15) is 0 Å². The Morgan fingerprint density at radius 1 is 2.00 bits per heavy atom. The van der Waals surface area contributed by atoms with E-state index in [1.165, 1.54) is 22.6 Å². The van der Waals surface area contributed by atoms with Crippen molar-refractivity contribution >= 4 is 39.4 Å². The molecule has 0 N–H and O–H groups in total. The molecule has 0 spiro atoms. The number of alkyl halides is 2. The van der Waals surface area contributed by atoms with Crippen LogP contribution >= 0.6 is 34.2 Å². The van der Waals surface area contributed by atoms with Gasteiger partial charge in [-0.15, -0.1) is 0 Å². The molecule has 0 bridgehead atoms. The Bertz CT molecular complexity index is 64.6. The van der Waals surface area contributed by atoms with Crippen LogP contribution in [0.15, 0.2) is 0 Å². The summed E-state index contributed by atoms with van der Waals surface area (Å²) in [6.45, 7) is 0. The molecule has 0 aliphatic carbocycles. The van der Waals surface area contributed by atoms with Crippen LogP contribution in [0.3, 0.4) is 0 Å². The van der Waals surface area contributed by atoms with Gasteiger partial charge in [-0.1, -0.05) is 0 Å². The molecule has 1 unspecified atom stereocenters. The Balaban J connectivity index is 3.26. The summed E-state index contributed by atoms with van der Waals surface area (Å²) in [5, 5.41) is -0.949. The monoisotopic (exact) mass is 222 g/mol. The summed E-state index contributed by atoms with van der Waals surface area (Å²) in [7, 11) is 0. The maximum atomic E-state index is 11.3. The van der Waals surface area contributed by atoms with Crippen molar-refractivity contribution in [2.45, 2.75) is 4.18 Å². The van der Waals surface area contributed by atoms with Crippen molar-refractivity contribution in [1.82, 2.24) is 0 Å². The van der Waals surface area contributed by atoms with Gasteiger partial charge in [0.25, 0.3) is 5.24 Å². The highest BCUT2D eigenvalue weighted by molar-refractivity contribution is 14.1. The first kappa shape index (κ1) is 6.62. The third-order valence-electron chi connectivity index (χ3n) is 0.172. The third kappa shape index (κ3) is 2.84. The molecule has 1 atom stereocenters. The lowest BCUT2D eigenvalue weighted by Gasteiger charge is -1.81. The summed E-state index contributed by atoms with van der Waals surface area (Å²) in [6.07, 6.45) is 0.